The fourth-order valence-corrected chi connectivity index (χ4v) is 1.87. The van der Waals surface area contributed by atoms with E-state index in [1.54, 1.807) is 0 Å². The summed E-state index contributed by atoms with van der Waals surface area (Å²) in [6.45, 7) is 1.88. The van der Waals surface area contributed by atoms with Gasteiger partial charge in [0, 0.05) is 10.6 Å². The zero-order chi connectivity index (χ0) is 11.3. The molecule has 0 aliphatic carbocycles. The smallest absolute Gasteiger partial charge is 0.335 e. The minimum absolute atomic E-state index is 0.111. The fraction of sp³-hybridized carbons (Fsp3) is 0.182. The van der Waals surface area contributed by atoms with Gasteiger partial charge in [-0.25, -0.2) is 9.18 Å². The van der Waals surface area contributed by atoms with E-state index in [1.807, 2.05) is 19.1 Å². The molecule has 1 aromatic rings. The molecule has 1 aromatic carbocycles. The van der Waals surface area contributed by atoms with Gasteiger partial charge in [0.25, 0.3) is 0 Å². The van der Waals surface area contributed by atoms with E-state index in [1.165, 1.54) is 30.0 Å². The Labute approximate surface area is 91.8 Å². The lowest BCUT2D eigenvalue weighted by atomic mass is 10.2. The van der Waals surface area contributed by atoms with Gasteiger partial charge >= 0.3 is 5.97 Å². The van der Waals surface area contributed by atoms with E-state index in [0.717, 1.165) is 0 Å². The lowest BCUT2D eigenvalue weighted by Gasteiger charge is -2.02. The van der Waals surface area contributed by atoms with Crippen molar-refractivity contribution >= 4 is 17.7 Å². The normalized spacial score (nSPS) is 10.8. The molecular weight excluding hydrogens is 215 g/mol. The zero-order valence-electron chi connectivity index (χ0n) is 8.24. The van der Waals surface area contributed by atoms with Gasteiger partial charge in [-0.05, 0) is 25.1 Å². The lowest BCUT2D eigenvalue weighted by molar-refractivity contribution is 0.0696. The lowest BCUT2D eigenvalue weighted by Crippen LogP contribution is -1.97. The van der Waals surface area contributed by atoms with Crippen molar-refractivity contribution in [3.8, 4) is 0 Å². The Morgan fingerprint density at radius 1 is 1.60 bits per heavy atom. The average Bonchev–Trinajstić information content (AvgIpc) is 2.20. The van der Waals surface area contributed by atoms with Crippen molar-refractivity contribution < 1.29 is 14.3 Å². The second-order valence-electron chi connectivity index (χ2n) is 2.83. The van der Waals surface area contributed by atoms with Gasteiger partial charge in [-0.3, -0.25) is 0 Å². The molecule has 0 spiro atoms. The van der Waals surface area contributed by atoms with Gasteiger partial charge < -0.3 is 5.11 Å². The summed E-state index contributed by atoms with van der Waals surface area (Å²) in [5.41, 5.74) is 0.111. The van der Waals surface area contributed by atoms with E-state index in [4.69, 9.17) is 5.11 Å². The maximum atomic E-state index is 13.2. The number of carboxylic acids is 1. The van der Waals surface area contributed by atoms with Crippen LogP contribution in [0.25, 0.3) is 0 Å². The number of benzene rings is 1. The SMILES string of the molecule is C/C=C/CSc1cc(C(=O)O)ccc1F. The maximum Gasteiger partial charge on any atom is 0.335 e. The molecule has 0 bridgehead atoms. The summed E-state index contributed by atoms with van der Waals surface area (Å²) < 4.78 is 13.2. The minimum atomic E-state index is -1.04. The first-order valence-corrected chi connectivity index (χ1v) is 5.40. The van der Waals surface area contributed by atoms with Crippen LogP contribution in [0.3, 0.4) is 0 Å². The molecule has 15 heavy (non-hydrogen) atoms. The third kappa shape index (κ3) is 3.40. The summed E-state index contributed by atoms with van der Waals surface area (Å²) in [5, 5.41) is 8.73. The van der Waals surface area contributed by atoms with Crippen LogP contribution < -0.4 is 0 Å². The van der Waals surface area contributed by atoms with Gasteiger partial charge in [0.1, 0.15) is 5.82 Å². The number of rotatable bonds is 4. The van der Waals surface area contributed by atoms with Crippen LogP contribution in [0, 0.1) is 5.82 Å². The summed E-state index contributed by atoms with van der Waals surface area (Å²) in [5.74, 6) is -0.784. The number of hydrogen-bond acceptors (Lipinski definition) is 2. The van der Waals surface area contributed by atoms with Crippen molar-refractivity contribution in [3.05, 3.63) is 41.7 Å². The summed E-state index contributed by atoms with van der Waals surface area (Å²) in [7, 11) is 0. The summed E-state index contributed by atoms with van der Waals surface area (Å²) in [6, 6.07) is 3.80. The molecule has 0 aliphatic rings. The van der Waals surface area contributed by atoms with Crippen molar-refractivity contribution in [3.63, 3.8) is 0 Å². The Kier molecular flexibility index (Phi) is 4.37. The topological polar surface area (TPSA) is 37.3 Å². The first kappa shape index (κ1) is 11.8. The first-order chi connectivity index (χ1) is 7.15. The molecule has 0 fully saturated rings. The molecule has 0 unspecified atom stereocenters. The molecule has 0 amide bonds. The highest BCUT2D eigenvalue weighted by molar-refractivity contribution is 7.99. The molecule has 1 N–H and O–H groups in total. The van der Waals surface area contributed by atoms with Crippen molar-refractivity contribution in [1.29, 1.82) is 0 Å². The molecule has 0 aromatic heterocycles. The molecule has 0 atom stereocenters. The highest BCUT2D eigenvalue weighted by Gasteiger charge is 2.07. The predicted octanol–water partition coefficient (Wildman–Crippen LogP) is 3.19. The van der Waals surface area contributed by atoms with Crippen molar-refractivity contribution in [2.24, 2.45) is 0 Å². The Bertz CT molecular complexity index is 388. The van der Waals surface area contributed by atoms with Gasteiger partial charge in [-0.15, -0.1) is 11.8 Å². The van der Waals surface area contributed by atoms with Crippen LogP contribution in [0.4, 0.5) is 4.39 Å². The Morgan fingerprint density at radius 3 is 2.93 bits per heavy atom. The van der Waals surface area contributed by atoms with Crippen LogP contribution in [0.1, 0.15) is 17.3 Å². The van der Waals surface area contributed by atoms with Gasteiger partial charge in [-0.1, -0.05) is 12.2 Å². The monoisotopic (exact) mass is 226 g/mol. The van der Waals surface area contributed by atoms with Crippen LogP contribution in [0.15, 0.2) is 35.2 Å². The summed E-state index contributed by atoms with van der Waals surface area (Å²) in [4.78, 5) is 11.0. The van der Waals surface area contributed by atoms with E-state index in [-0.39, 0.29) is 11.4 Å². The molecular formula is C11H11FO2S. The van der Waals surface area contributed by atoms with Crippen LogP contribution in [-0.4, -0.2) is 16.8 Å². The number of carboxylic acid groups (broad SMARTS) is 1. The Hall–Kier alpha value is -1.29. The number of thioether (sulfide) groups is 1. The highest BCUT2D eigenvalue weighted by Crippen LogP contribution is 2.23. The van der Waals surface area contributed by atoms with Crippen LogP contribution >= 0.6 is 11.8 Å². The number of hydrogen-bond donors (Lipinski definition) is 1. The molecule has 0 aliphatic heterocycles. The maximum absolute atomic E-state index is 13.2. The van der Waals surface area contributed by atoms with Gasteiger partial charge in [0.2, 0.25) is 0 Å². The second kappa shape index (κ2) is 5.56. The summed E-state index contributed by atoms with van der Waals surface area (Å²) in [6.07, 6.45) is 3.75. The van der Waals surface area contributed by atoms with E-state index in [9.17, 15) is 9.18 Å². The Balaban J connectivity index is 2.85. The van der Waals surface area contributed by atoms with E-state index >= 15 is 0 Å². The van der Waals surface area contributed by atoms with E-state index < -0.39 is 5.97 Å². The molecule has 0 radical (unpaired) electrons. The first-order valence-electron chi connectivity index (χ1n) is 4.42. The molecule has 2 nitrogen and oxygen atoms in total. The van der Waals surface area contributed by atoms with Crippen molar-refractivity contribution in [2.75, 3.05) is 5.75 Å². The summed E-state index contributed by atoms with van der Waals surface area (Å²) >= 11 is 1.28. The predicted molar refractivity (Wildman–Crippen MR) is 58.9 cm³/mol. The molecule has 80 valence electrons. The quantitative estimate of drug-likeness (QED) is 0.632. The third-order valence-corrected chi connectivity index (χ3v) is 2.73. The molecule has 1 rings (SSSR count). The molecule has 0 heterocycles. The van der Waals surface area contributed by atoms with Crippen LogP contribution in [0.2, 0.25) is 0 Å². The standard InChI is InChI=1S/C11H11FO2S/c1-2-3-6-15-10-7-8(11(13)14)4-5-9(10)12/h2-5,7H,6H2,1H3,(H,13,14)/b3-2+. The van der Waals surface area contributed by atoms with E-state index in [0.29, 0.717) is 10.6 Å². The third-order valence-electron chi connectivity index (χ3n) is 1.75. The fourth-order valence-electron chi connectivity index (χ4n) is 0.981. The second-order valence-corrected chi connectivity index (χ2v) is 3.89. The highest BCUT2D eigenvalue weighted by atomic mass is 32.2. The van der Waals surface area contributed by atoms with Crippen LogP contribution in [-0.2, 0) is 0 Å². The van der Waals surface area contributed by atoms with E-state index in [2.05, 4.69) is 0 Å². The van der Waals surface area contributed by atoms with Crippen molar-refractivity contribution in [2.45, 2.75) is 11.8 Å². The van der Waals surface area contributed by atoms with Gasteiger partial charge in [0.05, 0.1) is 5.56 Å². The zero-order valence-corrected chi connectivity index (χ0v) is 9.05. The Morgan fingerprint density at radius 2 is 2.33 bits per heavy atom. The average molecular weight is 226 g/mol. The number of allylic oxidation sites excluding steroid dienone is 1. The van der Waals surface area contributed by atoms with Crippen LogP contribution in [0.5, 0.6) is 0 Å². The number of aromatic carboxylic acids is 1. The van der Waals surface area contributed by atoms with Gasteiger partial charge in [-0.2, -0.15) is 0 Å². The van der Waals surface area contributed by atoms with Gasteiger partial charge in [0.15, 0.2) is 0 Å². The molecule has 0 saturated carbocycles. The molecule has 0 saturated heterocycles. The largest absolute Gasteiger partial charge is 0.478 e. The number of halogens is 1. The number of carbonyl (C=O) groups is 1. The molecule has 4 heteroatoms. The minimum Gasteiger partial charge on any atom is -0.478 e. The van der Waals surface area contributed by atoms with Crippen molar-refractivity contribution in [1.82, 2.24) is 0 Å².